The summed E-state index contributed by atoms with van der Waals surface area (Å²) >= 11 is 5.89. The van der Waals surface area contributed by atoms with Crippen molar-refractivity contribution >= 4 is 29.1 Å². The number of pyridine rings is 1. The van der Waals surface area contributed by atoms with Gasteiger partial charge in [-0.3, -0.25) is 14.6 Å². The van der Waals surface area contributed by atoms with Gasteiger partial charge in [-0.15, -0.1) is 0 Å². The molecule has 2 aliphatic rings. The van der Waals surface area contributed by atoms with Crippen molar-refractivity contribution in [1.29, 1.82) is 0 Å². The molecule has 152 valence electrons. The van der Waals surface area contributed by atoms with Crippen molar-refractivity contribution in [3.8, 4) is 0 Å². The summed E-state index contributed by atoms with van der Waals surface area (Å²) in [6.07, 6.45) is 5.79. The van der Waals surface area contributed by atoms with Crippen LogP contribution in [0.3, 0.4) is 0 Å². The normalized spacial score (nSPS) is 24.3. The van der Waals surface area contributed by atoms with Crippen LogP contribution in [-0.2, 0) is 9.59 Å². The molecular weight excluding hydrogens is 390 g/mol. The lowest BCUT2D eigenvalue weighted by molar-refractivity contribution is -0.136. The van der Waals surface area contributed by atoms with Gasteiger partial charge in [0.25, 0.3) is 0 Å². The summed E-state index contributed by atoms with van der Waals surface area (Å²) in [7, 11) is 0. The number of hydrogen-bond acceptors (Lipinski definition) is 5. The minimum absolute atomic E-state index is 0.0351. The lowest BCUT2D eigenvalue weighted by Crippen LogP contribution is -2.50. The quantitative estimate of drug-likeness (QED) is 0.717. The highest BCUT2D eigenvalue weighted by molar-refractivity contribution is 6.30. The fraction of sp³-hybridized carbons (Fsp3) is 0.381. The van der Waals surface area contributed by atoms with Gasteiger partial charge in [0.1, 0.15) is 6.04 Å². The van der Waals surface area contributed by atoms with E-state index in [4.69, 9.17) is 11.6 Å². The Hall–Kier alpha value is -2.48. The van der Waals surface area contributed by atoms with Gasteiger partial charge in [0.2, 0.25) is 11.8 Å². The standard InChI is InChI=1S/C21H24ClN5O2/c22-16-5-7-17(8-6-16)24-20(28)15-4-2-10-27(13-15)21(29)19-11-18(25-26-19)14-3-1-9-23-12-14/h1,3,5-9,12,15,18-19,25-26H,2,4,10-11,13H2,(H,24,28). The molecule has 0 radical (unpaired) electrons. The molecule has 7 nitrogen and oxygen atoms in total. The van der Waals surface area contributed by atoms with Crippen molar-refractivity contribution in [3.63, 3.8) is 0 Å². The van der Waals surface area contributed by atoms with Gasteiger partial charge < -0.3 is 10.2 Å². The highest BCUT2D eigenvalue weighted by Crippen LogP contribution is 2.25. The third kappa shape index (κ3) is 4.75. The predicted molar refractivity (Wildman–Crippen MR) is 111 cm³/mol. The summed E-state index contributed by atoms with van der Waals surface area (Å²) in [4.78, 5) is 31.6. The van der Waals surface area contributed by atoms with Gasteiger partial charge in [-0.25, -0.2) is 10.9 Å². The molecule has 0 aliphatic carbocycles. The van der Waals surface area contributed by atoms with Crippen molar-refractivity contribution < 1.29 is 9.59 Å². The zero-order chi connectivity index (χ0) is 20.2. The number of hydrogen-bond donors (Lipinski definition) is 3. The number of carbonyl (C=O) groups is 2. The molecule has 2 amide bonds. The number of amides is 2. The molecule has 2 aromatic rings. The number of benzene rings is 1. The average Bonchev–Trinajstić information content (AvgIpc) is 3.26. The highest BCUT2D eigenvalue weighted by atomic mass is 35.5. The van der Waals surface area contributed by atoms with Crippen molar-refractivity contribution in [2.24, 2.45) is 5.92 Å². The molecule has 2 fully saturated rings. The summed E-state index contributed by atoms with van der Waals surface area (Å²) in [5.74, 6) is -0.240. The van der Waals surface area contributed by atoms with Gasteiger partial charge in [-0.05, 0) is 55.2 Å². The Kier molecular flexibility index (Phi) is 6.08. The number of likely N-dealkylation sites (tertiary alicyclic amines) is 1. The fourth-order valence-electron chi connectivity index (χ4n) is 3.91. The largest absolute Gasteiger partial charge is 0.341 e. The molecule has 3 unspecified atom stereocenters. The van der Waals surface area contributed by atoms with Crippen LogP contribution in [0.5, 0.6) is 0 Å². The van der Waals surface area contributed by atoms with Crippen molar-refractivity contribution in [3.05, 3.63) is 59.4 Å². The van der Waals surface area contributed by atoms with Crippen LogP contribution in [-0.4, -0.2) is 40.8 Å². The van der Waals surface area contributed by atoms with Crippen LogP contribution >= 0.6 is 11.6 Å². The summed E-state index contributed by atoms with van der Waals surface area (Å²) in [5, 5.41) is 3.55. The number of rotatable bonds is 4. The van der Waals surface area contributed by atoms with Crippen molar-refractivity contribution in [2.45, 2.75) is 31.3 Å². The van der Waals surface area contributed by atoms with Crippen LogP contribution in [0.25, 0.3) is 0 Å². The molecule has 1 aromatic heterocycles. The molecule has 3 atom stereocenters. The van der Waals surface area contributed by atoms with E-state index in [1.807, 2.05) is 18.3 Å². The zero-order valence-electron chi connectivity index (χ0n) is 16.0. The predicted octanol–water partition coefficient (Wildman–Crippen LogP) is 2.52. The molecule has 1 aromatic carbocycles. The number of carbonyl (C=O) groups excluding carboxylic acids is 2. The number of anilines is 1. The maximum absolute atomic E-state index is 13.0. The molecule has 2 aliphatic heterocycles. The first-order chi connectivity index (χ1) is 14.1. The number of aromatic nitrogens is 1. The SMILES string of the molecule is O=C(Nc1ccc(Cl)cc1)C1CCCN(C(=O)C2CC(c3cccnc3)NN2)C1. The van der Waals surface area contributed by atoms with Gasteiger partial charge in [0.05, 0.1) is 5.92 Å². The van der Waals surface area contributed by atoms with E-state index in [0.29, 0.717) is 30.2 Å². The third-order valence-electron chi connectivity index (χ3n) is 5.50. The fourth-order valence-corrected chi connectivity index (χ4v) is 4.03. The number of hydrazine groups is 1. The Labute approximate surface area is 174 Å². The van der Waals surface area contributed by atoms with Crippen LogP contribution in [0.2, 0.25) is 5.02 Å². The first kappa shape index (κ1) is 19.8. The summed E-state index contributed by atoms with van der Waals surface area (Å²) in [6.45, 7) is 1.12. The van der Waals surface area contributed by atoms with Crippen LogP contribution in [0.4, 0.5) is 5.69 Å². The summed E-state index contributed by atoms with van der Waals surface area (Å²) < 4.78 is 0. The minimum atomic E-state index is -0.307. The van der Waals surface area contributed by atoms with E-state index in [-0.39, 0.29) is 29.8 Å². The van der Waals surface area contributed by atoms with Crippen LogP contribution < -0.4 is 16.2 Å². The molecule has 3 N–H and O–H groups in total. The first-order valence-electron chi connectivity index (χ1n) is 9.86. The number of nitrogens with zero attached hydrogens (tertiary/aromatic N) is 2. The van der Waals surface area contributed by atoms with Crippen LogP contribution in [0, 0.1) is 5.92 Å². The molecule has 3 heterocycles. The van der Waals surface area contributed by atoms with Gasteiger partial charge in [0.15, 0.2) is 0 Å². The van der Waals surface area contributed by atoms with E-state index in [1.165, 1.54) is 0 Å². The summed E-state index contributed by atoms with van der Waals surface area (Å²) in [5.41, 5.74) is 8.06. The Morgan fingerprint density at radius 1 is 1.17 bits per heavy atom. The van der Waals surface area contributed by atoms with Gasteiger partial charge in [-0.1, -0.05) is 17.7 Å². The lowest BCUT2D eigenvalue weighted by atomic mass is 9.95. The lowest BCUT2D eigenvalue weighted by Gasteiger charge is -2.33. The molecule has 0 saturated carbocycles. The number of nitrogens with one attached hydrogen (secondary N) is 3. The van der Waals surface area contributed by atoms with E-state index >= 15 is 0 Å². The highest BCUT2D eigenvalue weighted by Gasteiger charge is 2.36. The maximum atomic E-state index is 13.0. The Bertz CT molecular complexity index is 861. The van der Waals surface area contributed by atoms with Crippen LogP contribution in [0.1, 0.15) is 30.9 Å². The molecule has 0 bridgehead atoms. The number of piperidine rings is 1. The second kappa shape index (κ2) is 8.90. The molecule has 0 spiro atoms. The smallest absolute Gasteiger partial charge is 0.241 e. The van der Waals surface area contributed by atoms with Gasteiger partial charge in [-0.2, -0.15) is 0 Å². The second-order valence-corrected chi connectivity index (χ2v) is 7.97. The molecule has 2 saturated heterocycles. The molecule has 4 rings (SSSR count). The Morgan fingerprint density at radius 2 is 2.00 bits per heavy atom. The van der Waals surface area contributed by atoms with Gasteiger partial charge in [0, 0.05) is 42.2 Å². The van der Waals surface area contributed by atoms with Gasteiger partial charge >= 0.3 is 0 Å². The number of halogens is 1. The van der Waals surface area contributed by atoms with E-state index in [0.717, 1.165) is 18.4 Å². The Balaban J connectivity index is 1.33. The molecule has 8 heteroatoms. The monoisotopic (exact) mass is 413 g/mol. The first-order valence-corrected chi connectivity index (χ1v) is 10.2. The topological polar surface area (TPSA) is 86.4 Å². The van der Waals surface area contributed by atoms with E-state index in [2.05, 4.69) is 21.2 Å². The average molecular weight is 414 g/mol. The van der Waals surface area contributed by atoms with E-state index in [1.54, 1.807) is 35.4 Å². The third-order valence-corrected chi connectivity index (χ3v) is 5.76. The minimum Gasteiger partial charge on any atom is -0.341 e. The molecule has 29 heavy (non-hydrogen) atoms. The second-order valence-electron chi connectivity index (χ2n) is 7.54. The van der Waals surface area contributed by atoms with E-state index < -0.39 is 0 Å². The zero-order valence-corrected chi connectivity index (χ0v) is 16.7. The van der Waals surface area contributed by atoms with E-state index in [9.17, 15) is 9.59 Å². The Morgan fingerprint density at radius 3 is 2.76 bits per heavy atom. The molecular formula is C21H24ClN5O2. The van der Waals surface area contributed by atoms with Crippen LogP contribution in [0.15, 0.2) is 48.8 Å². The maximum Gasteiger partial charge on any atom is 0.241 e. The van der Waals surface area contributed by atoms with Crippen molar-refractivity contribution in [2.75, 3.05) is 18.4 Å². The summed E-state index contributed by atoms with van der Waals surface area (Å²) in [6, 6.07) is 10.7. The van der Waals surface area contributed by atoms with Crippen molar-refractivity contribution in [1.82, 2.24) is 20.7 Å².